The monoisotopic (exact) mass is 420 g/mol. The van der Waals surface area contributed by atoms with Gasteiger partial charge in [-0.25, -0.2) is 9.18 Å². The summed E-state index contributed by atoms with van der Waals surface area (Å²) in [6.45, 7) is 5.29. The van der Waals surface area contributed by atoms with E-state index in [0.717, 1.165) is 13.1 Å². The number of thiophene rings is 1. The number of hydrogen-bond donors (Lipinski definition) is 3. The molecule has 3 N–H and O–H groups in total. The van der Waals surface area contributed by atoms with Gasteiger partial charge in [-0.1, -0.05) is 18.2 Å². The first-order valence-corrected chi connectivity index (χ1v) is 10.4. The zero-order valence-corrected chi connectivity index (χ0v) is 17.0. The second-order valence-electron chi connectivity index (χ2n) is 6.73. The van der Waals surface area contributed by atoms with Crippen LogP contribution in [0.5, 0.6) is 0 Å². The molecule has 2 unspecified atom stereocenters. The molecule has 156 valence electrons. The van der Waals surface area contributed by atoms with Crippen LogP contribution >= 0.6 is 11.3 Å². The van der Waals surface area contributed by atoms with Crippen molar-refractivity contribution in [3.05, 3.63) is 52.5 Å². The number of nitrogens with one attached hydrogen (secondary N) is 3. The Balaban J connectivity index is 1.52. The molecule has 1 aromatic carbocycles. The number of carbonyl (C=O) groups excluding carboxylic acids is 2. The van der Waals surface area contributed by atoms with Gasteiger partial charge in [0.2, 0.25) is 5.91 Å². The van der Waals surface area contributed by atoms with Gasteiger partial charge < -0.3 is 15.4 Å². The maximum atomic E-state index is 13.6. The fourth-order valence-corrected chi connectivity index (χ4v) is 3.96. The molecule has 1 saturated heterocycles. The first-order chi connectivity index (χ1) is 14.0. The average molecular weight is 421 g/mol. The molecular formula is C20H25FN4O3S. The van der Waals surface area contributed by atoms with Gasteiger partial charge in [0.1, 0.15) is 5.82 Å². The van der Waals surface area contributed by atoms with E-state index in [1.165, 1.54) is 23.1 Å². The molecule has 3 amide bonds. The topological polar surface area (TPSA) is 82.7 Å². The molecule has 1 aliphatic heterocycles. The lowest BCUT2D eigenvalue weighted by Crippen LogP contribution is -2.49. The molecule has 0 aliphatic carbocycles. The van der Waals surface area contributed by atoms with Crippen molar-refractivity contribution < 1.29 is 18.7 Å². The minimum absolute atomic E-state index is 0.0171. The van der Waals surface area contributed by atoms with Crippen LogP contribution in [0.25, 0.3) is 0 Å². The zero-order valence-electron chi connectivity index (χ0n) is 16.2. The number of hydrogen-bond acceptors (Lipinski definition) is 6. The lowest BCUT2D eigenvalue weighted by molar-refractivity contribution is -0.121. The molecule has 1 aliphatic rings. The number of halogens is 1. The van der Waals surface area contributed by atoms with Gasteiger partial charge in [0.15, 0.2) is 0 Å². The van der Waals surface area contributed by atoms with Gasteiger partial charge in [-0.3, -0.25) is 15.0 Å². The summed E-state index contributed by atoms with van der Waals surface area (Å²) in [6.07, 6.45) is 0. The molecule has 2 heterocycles. The number of nitrogens with zero attached hydrogens (tertiary/aromatic N) is 1. The third-order valence-corrected chi connectivity index (χ3v) is 5.70. The molecule has 0 saturated carbocycles. The number of morpholine rings is 1. The Bertz CT molecular complexity index is 812. The van der Waals surface area contributed by atoms with Crippen molar-refractivity contribution in [3.8, 4) is 0 Å². The normalized spacial score (nSPS) is 16.8. The lowest BCUT2D eigenvalue weighted by Gasteiger charge is -2.34. The summed E-state index contributed by atoms with van der Waals surface area (Å²) in [7, 11) is 0. The third-order valence-electron chi connectivity index (χ3n) is 4.73. The highest BCUT2D eigenvalue weighted by Gasteiger charge is 2.25. The summed E-state index contributed by atoms with van der Waals surface area (Å²) in [4.78, 5) is 27.9. The average Bonchev–Trinajstić information content (AvgIpc) is 3.25. The largest absolute Gasteiger partial charge is 0.379 e. The van der Waals surface area contributed by atoms with Gasteiger partial charge in [0.05, 0.1) is 31.0 Å². The van der Waals surface area contributed by atoms with Crippen molar-refractivity contribution in [2.45, 2.75) is 19.0 Å². The highest BCUT2D eigenvalue weighted by Crippen LogP contribution is 2.25. The second-order valence-corrected chi connectivity index (χ2v) is 7.71. The summed E-state index contributed by atoms with van der Waals surface area (Å²) in [5.41, 5.74) is 0.0171. The molecule has 2 aromatic rings. The minimum atomic E-state index is -0.767. The van der Waals surface area contributed by atoms with Gasteiger partial charge in [0.25, 0.3) is 0 Å². The number of amides is 3. The van der Waals surface area contributed by atoms with Crippen molar-refractivity contribution in [3.63, 3.8) is 0 Å². The Labute approximate surface area is 173 Å². The Morgan fingerprint density at radius 3 is 2.66 bits per heavy atom. The van der Waals surface area contributed by atoms with E-state index in [9.17, 15) is 14.0 Å². The molecule has 1 aromatic heterocycles. The van der Waals surface area contributed by atoms with Gasteiger partial charge in [-0.15, -0.1) is 11.3 Å². The molecule has 29 heavy (non-hydrogen) atoms. The summed E-state index contributed by atoms with van der Waals surface area (Å²) in [6, 6.07) is 8.64. The van der Waals surface area contributed by atoms with Crippen molar-refractivity contribution in [2.24, 2.45) is 0 Å². The number of para-hydroxylation sites is 1. The quantitative estimate of drug-likeness (QED) is 0.641. The van der Waals surface area contributed by atoms with Crippen LogP contribution in [0.4, 0.5) is 14.9 Å². The first kappa shape index (κ1) is 21.4. The predicted octanol–water partition coefficient (Wildman–Crippen LogP) is 2.59. The molecule has 0 radical (unpaired) electrons. The summed E-state index contributed by atoms with van der Waals surface area (Å²) >= 11 is 1.68. The van der Waals surface area contributed by atoms with Crippen LogP contribution < -0.4 is 16.0 Å². The van der Waals surface area contributed by atoms with Crippen LogP contribution in [0.3, 0.4) is 0 Å². The smallest absolute Gasteiger partial charge is 0.326 e. The fourth-order valence-electron chi connectivity index (χ4n) is 3.10. The van der Waals surface area contributed by atoms with Crippen LogP contribution in [0, 0.1) is 5.82 Å². The first-order valence-electron chi connectivity index (χ1n) is 9.49. The maximum Gasteiger partial charge on any atom is 0.326 e. The van der Waals surface area contributed by atoms with Crippen LogP contribution in [-0.2, 0) is 9.53 Å². The number of ether oxygens (including phenoxy) is 1. The van der Waals surface area contributed by atoms with E-state index in [2.05, 4.69) is 26.9 Å². The number of anilines is 1. The van der Waals surface area contributed by atoms with E-state index >= 15 is 0 Å². The molecule has 7 nitrogen and oxygen atoms in total. The highest BCUT2D eigenvalue weighted by atomic mass is 32.1. The van der Waals surface area contributed by atoms with Gasteiger partial charge in [-0.2, -0.15) is 0 Å². The maximum absolute atomic E-state index is 13.6. The van der Waals surface area contributed by atoms with Crippen LogP contribution in [0.1, 0.15) is 17.8 Å². The molecule has 9 heteroatoms. The highest BCUT2D eigenvalue weighted by molar-refractivity contribution is 7.10. The summed E-state index contributed by atoms with van der Waals surface area (Å²) < 4.78 is 19.1. The third kappa shape index (κ3) is 6.07. The van der Waals surface area contributed by atoms with Gasteiger partial charge in [-0.05, 0) is 30.5 Å². The van der Waals surface area contributed by atoms with E-state index in [-0.39, 0.29) is 11.7 Å². The van der Waals surface area contributed by atoms with E-state index in [1.54, 1.807) is 24.3 Å². The Morgan fingerprint density at radius 1 is 1.21 bits per heavy atom. The van der Waals surface area contributed by atoms with E-state index in [1.807, 2.05) is 11.4 Å². The molecule has 2 atom stereocenters. The standard InChI is InChI=1S/C20H25FN4O3S/c1-14(19(26)24-20(27)23-16-6-3-2-5-15(16)21)22-13-17(18-7-4-12-29-18)25-8-10-28-11-9-25/h2-7,12,14,17,22H,8-11,13H2,1H3,(H2,23,24,26,27). The number of carbonyl (C=O) groups is 2. The van der Waals surface area contributed by atoms with Gasteiger partial charge >= 0.3 is 6.03 Å². The van der Waals surface area contributed by atoms with Crippen LogP contribution in [-0.4, -0.2) is 55.7 Å². The number of imide groups is 1. The van der Waals surface area contributed by atoms with Crippen molar-refractivity contribution in [1.82, 2.24) is 15.5 Å². The number of urea groups is 1. The van der Waals surface area contributed by atoms with E-state index < -0.39 is 23.8 Å². The van der Waals surface area contributed by atoms with Gasteiger partial charge in [0, 0.05) is 24.5 Å². The van der Waals surface area contributed by atoms with Crippen molar-refractivity contribution >= 4 is 29.0 Å². The molecule has 0 bridgehead atoms. The molecule has 3 rings (SSSR count). The molecular weight excluding hydrogens is 395 g/mol. The predicted molar refractivity (Wildman–Crippen MR) is 110 cm³/mol. The fraction of sp³-hybridized carbons (Fsp3) is 0.400. The SMILES string of the molecule is CC(NCC(c1cccs1)N1CCOCC1)C(=O)NC(=O)Nc1ccccc1F. The Hall–Kier alpha value is -2.33. The minimum Gasteiger partial charge on any atom is -0.379 e. The summed E-state index contributed by atoms with van der Waals surface area (Å²) in [5, 5.41) is 9.83. The van der Waals surface area contributed by atoms with Crippen LogP contribution in [0.15, 0.2) is 41.8 Å². The molecule has 1 fully saturated rings. The number of benzene rings is 1. The zero-order chi connectivity index (χ0) is 20.6. The lowest BCUT2D eigenvalue weighted by atomic mass is 10.1. The van der Waals surface area contributed by atoms with Crippen molar-refractivity contribution in [2.75, 3.05) is 38.2 Å². The van der Waals surface area contributed by atoms with Crippen molar-refractivity contribution in [1.29, 1.82) is 0 Å². The second kappa shape index (κ2) is 10.4. The summed E-state index contributed by atoms with van der Waals surface area (Å²) in [5.74, 6) is -1.05. The number of rotatable bonds is 7. The van der Waals surface area contributed by atoms with Crippen LogP contribution in [0.2, 0.25) is 0 Å². The Morgan fingerprint density at radius 2 is 1.97 bits per heavy atom. The van der Waals surface area contributed by atoms with E-state index in [0.29, 0.717) is 19.8 Å². The molecule has 0 spiro atoms. The Kier molecular flexibility index (Phi) is 7.70. The van der Waals surface area contributed by atoms with E-state index in [4.69, 9.17) is 4.74 Å².